The van der Waals surface area contributed by atoms with E-state index in [2.05, 4.69) is 53.1 Å². The second-order valence-corrected chi connectivity index (χ2v) is 10.1. The highest BCUT2D eigenvalue weighted by atomic mass is 32.1. The molecular formula is C27H30N4O2S. The van der Waals surface area contributed by atoms with Crippen molar-refractivity contribution in [1.82, 2.24) is 14.3 Å². The summed E-state index contributed by atoms with van der Waals surface area (Å²) < 4.78 is 4.67. The number of nitrogens with zero attached hydrogens (tertiary/aromatic N) is 4. The monoisotopic (exact) mass is 474 g/mol. The summed E-state index contributed by atoms with van der Waals surface area (Å²) in [6.07, 6.45) is 2.65. The van der Waals surface area contributed by atoms with Gasteiger partial charge in [0.1, 0.15) is 5.01 Å². The molecule has 6 nitrogen and oxygen atoms in total. The van der Waals surface area contributed by atoms with Crippen LogP contribution >= 0.6 is 11.5 Å². The molecule has 1 saturated heterocycles. The van der Waals surface area contributed by atoms with Crippen molar-refractivity contribution in [3.05, 3.63) is 64.5 Å². The molecule has 1 aliphatic rings. The number of carboxylic acid groups (broad SMARTS) is 1. The normalized spacial score (nSPS) is 14.2. The van der Waals surface area contributed by atoms with E-state index < -0.39 is 5.97 Å². The zero-order valence-electron chi connectivity index (χ0n) is 19.9. The second-order valence-electron chi connectivity index (χ2n) is 9.32. The van der Waals surface area contributed by atoms with Crippen LogP contribution in [0, 0.1) is 18.4 Å². The van der Waals surface area contributed by atoms with Crippen molar-refractivity contribution in [3.8, 4) is 22.0 Å². The van der Waals surface area contributed by atoms with Gasteiger partial charge < -0.3 is 10.0 Å². The van der Waals surface area contributed by atoms with Crippen molar-refractivity contribution in [2.45, 2.75) is 40.0 Å². The fraction of sp³-hybridized carbons (Fsp3) is 0.407. The third kappa shape index (κ3) is 5.19. The molecule has 1 fully saturated rings. The van der Waals surface area contributed by atoms with Gasteiger partial charge in [-0.2, -0.15) is 4.37 Å². The van der Waals surface area contributed by atoms with Crippen LogP contribution in [0.2, 0.25) is 0 Å². The van der Waals surface area contributed by atoms with Crippen LogP contribution in [0.25, 0.3) is 26.8 Å². The van der Waals surface area contributed by atoms with Crippen LogP contribution in [0.4, 0.5) is 5.69 Å². The summed E-state index contributed by atoms with van der Waals surface area (Å²) in [6.45, 7) is 16.2. The van der Waals surface area contributed by atoms with E-state index in [1.165, 1.54) is 22.7 Å². The number of aliphatic carboxylic acids is 1. The third-order valence-electron chi connectivity index (χ3n) is 6.38. The number of carboxylic acids is 1. The van der Waals surface area contributed by atoms with Gasteiger partial charge in [-0.05, 0) is 59.5 Å². The van der Waals surface area contributed by atoms with Crippen molar-refractivity contribution < 1.29 is 9.90 Å². The molecule has 2 aromatic carbocycles. The SMILES string of the molecule is [C-]#[N+]c1cc(-c2nc(-c3cccc(CCN4CC(C(=O)O)C4)c3CC)ns2)ccc1CC(C)C. The van der Waals surface area contributed by atoms with Gasteiger partial charge in [0.25, 0.3) is 0 Å². The lowest BCUT2D eigenvalue weighted by Gasteiger charge is -2.36. The Bertz CT molecular complexity index is 1220. The summed E-state index contributed by atoms with van der Waals surface area (Å²) in [5, 5.41) is 9.91. The zero-order chi connectivity index (χ0) is 24.2. The van der Waals surface area contributed by atoms with Crippen LogP contribution in [0.3, 0.4) is 0 Å². The van der Waals surface area contributed by atoms with E-state index in [-0.39, 0.29) is 5.92 Å². The van der Waals surface area contributed by atoms with Gasteiger partial charge in [-0.3, -0.25) is 4.79 Å². The predicted octanol–water partition coefficient (Wildman–Crippen LogP) is 5.74. The quantitative estimate of drug-likeness (QED) is 0.400. The smallest absolute Gasteiger partial charge is 0.309 e. The highest BCUT2D eigenvalue weighted by Crippen LogP contribution is 2.33. The van der Waals surface area contributed by atoms with Crippen LogP contribution in [-0.4, -0.2) is 45.0 Å². The molecule has 1 aliphatic heterocycles. The average molecular weight is 475 g/mol. The predicted molar refractivity (Wildman–Crippen MR) is 136 cm³/mol. The lowest BCUT2D eigenvalue weighted by atomic mass is 9.94. The van der Waals surface area contributed by atoms with Crippen LogP contribution in [0.15, 0.2) is 36.4 Å². The fourth-order valence-corrected chi connectivity index (χ4v) is 5.22. The molecule has 0 amide bonds. The van der Waals surface area contributed by atoms with Gasteiger partial charge >= 0.3 is 5.97 Å². The largest absolute Gasteiger partial charge is 0.481 e. The number of likely N-dealkylation sites (tertiary alicyclic amines) is 1. The number of benzene rings is 2. The van der Waals surface area contributed by atoms with E-state index in [9.17, 15) is 4.79 Å². The molecule has 1 aromatic heterocycles. The Balaban J connectivity index is 1.54. The molecule has 4 rings (SSSR count). The van der Waals surface area contributed by atoms with Gasteiger partial charge in [-0.1, -0.05) is 51.1 Å². The Labute approximate surface area is 205 Å². The zero-order valence-corrected chi connectivity index (χ0v) is 20.7. The Morgan fingerprint density at radius 3 is 2.74 bits per heavy atom. The summed E-state index contributed by atoms with van der Waals surface area (Å²) in [5.74, 6) is 0.302. The van der Waals surface area contributed by atoms with Crippen molar-refractivity contribution >= 4 is 23.2 Å². The first-order valence-electron chi connectivity index (χ1n) is 11.8. The molecule has 0 atom stereocenters. The maximum absolute atomic E-state index is 11.0. The Morgan fingerprint density at radius 2 is 2.06 bits per heavy atom. The van der Waals surface area contributed by atoms with E-state index in [0.717, 1.165) is 53.3 Å². The summed E-state index contributed by atoms with van der Waals surface area (Å²) in [7, 11) is 0. The molecular weight excluding hydrogens is 444 g/mol. The lowest BCUT2D eigenvalue weighted by Crippen LogP contribution is -2.50. The van der Waals surface area contributed by atoms with Crippen molar-refractivity contribution in [2.75, 3.05) is 19.6 Å². The van der Waals surface area contributed by atoms with Crippen LogP contribution < -0.4 is 0 Å². The van der Waals surface area contributed by atoms with E-state index in [0.29, 0.717) is 24.7 Å². The Morgan fingerprint density at radius 1 is 1.26 bits per heavy atom. The Kier molecular flexibility index (Phi) is 7.40. The maximum atomic E-state index is 11.0. The van der Waals surface area contributed by atoms with Crippen molar-refractivity contribution in [2.24, 2.45) is 11.8 Å². The lowest BCUT2D eigenvalue weighted by molar-refractivity contribution is -0.147. The molecule has 3 aromatic rings. The minimum absolute atomic E-state index is 0.225. The number of carbonyl (C=O) groups is 1. The van der Waals surface area contributed by atoms with Gasteiger partial charge in [0.15, 0.2) is 11.5 Å². The number of hydrogen-bond donors (Lipinski definition) is 1. The molecule has 7 heteroatoms. The van der Waals surface area contributed by atoms with Gasteiger partial charge in [0, 0.05) is 30.8 Å². The molecule has 1 N–H and O–H groups in total. The molecule has 0 bridgehead atoms. The van der Waals surface area contributed by atoms with Gasteiger partial charge in [0.2, 0.25) is 0 Å². The molecule has 176 valence electrons. The molecule has 0 radical (unpaired) electrons. The summed E-state index contributed by atoms with van der Waals surface area (Å²) in [4.78, 5) is 21.8. The highest BCUT2D eigenvalue weighted by molar-refractivity contribution is 7.09. The average Bonchev–Trinajstić information content (AvgIpc) is 3.27. The second kappa shape index (κ2) is 10.5. The minimum atomic E-state index is -0.698. The van der Waals surface area contributed by atoms with E-state index in [1.54, 1.807) is 0 Å². The summed E-state index contributed by atoms with van der Waals surface area (Å²) >= 11 is 1.37. The van der Waals surface area contributed by atoms with Crippen LogP contribution in [-0.2, 0) is 24.1 Å². The number of hydrogen-bond acceptors (Lipinski definition) is 5. The Hall–Kier alpha value is -3.08. The topological polar surface area (TPSA) is 70.7 Å². The maximum Gasteiger partial charge on any atom is 0.309 e. The molecule has 0 saturated carbocycles. The third-order valence-corrected chi connectivity index (χ3v) is 7.14. The summed E-state index contributed by atoms with van der Waals surface area (Å²) in [6, 6.07) is 12.3. The number of rotatable bonds is 9. The van der Waals surface area contributed by atoms with Crippen LogP contribution in [0.5, 0.6) is 0 Å². The molecule has 0 aliphatic carbocycles. The van der Waals surface area contributed by atoms with Gasteiger partial charge in [-0.15, -0.1) is 0 Å². The molecule has 34 heavy (non-hydrogen) atoms. The van der Waals surface area contributed by atoms with E-state index in [4.69, 9.17) is 16.7 Å². The minimum Gasteiger partial charge on any atom is -0.481 e. The first-order chi connectivity index (χ1) is 16.4. The number of aromatic nitrogens is 2. The first-order valence-corrected chi connectivity index (χ1v) is 12.6. The standard InChI is InChI=1S/C27H30N4O2S/c1-5-22-18(11-12-31-15-21(16-31)27(32)33)7-6-8-23(22)25-29-26(34-30-25)20-10-9-19(13-17(2)3)24(14-20)28-4/h6-10,14,17,21H,5,11-13,15-16H2,1-3H3,(H,32,33). The molecule has 2 heterocycles. The van der Waals surface area contributed by atoms with Crippen molar-refractivity contribution in [3.63, 3.8) is 0 Å². The van der Waals surface area contributed by atoms with Gasteiger partial charge in [-0.25, -0.2) is 9.83 Å². The molecule has 0 unspecified atom stereocenters. The van der Waals surface area contributed by atoms with E-state index in [1.807, 2.05) is 18.2 Å². The van der Waals surface area contributed by atoms with Crippen molar-refractivity contribution in [1.29, 1.82) is 0 Å². The first kappa shape index (κ1) is 24.1. The van der Waals surface area contributed by atoms with Crippen LogP contribution in [0.1, 0.15) is 37.5 Å². The summed E-state index contributed by atoms with van der Waals surface area (Å²) in [5.41, 5.74) is 6.27. The van der Waals surface area contributed by atoms with E-state index >= 15 is 0 Å². The molecule has 0 spiro atoms. The highest BCUT2D eigenvalue weighted by Gasteiger charge is 2.32. The fourth-order valence-electron chi connectivity index (χ4n) is 4.55. The van der Waals surface area contributed by atoms with Gasteiger partial charge in [0.05, 0.1) is 12.5 Å².